The largest absolute Gasteiger partial charge is 0.494 e. The van der Waals surface area contributed by atoms with Gasteiger partial charge in [0.05, 0.1) is 18.8 Å². The number of para-hydroxylation sites is 1. The molecule has 0 aliphatic carbocycles. The summed E-state index contributed by atoms with van der Waals surface area (Å²) < 4.78 is 5.73. The molecule has 5 nitrogen and oxygen atoms in total. The molecule has 2 aromatic rings. The molecule has 0 aromatic heterocycles. The molecular weight excluding hydrogens is 354 g/mol. The SMILES string of the molecule is CCCCCOc1ccc(CN2C(=O)C(O)(CC(C)=O)c3ccccc32)cc1. The number of benzene rings is 2. The van der Waals surface area contributed by atoms with Crippen molar-refractivity contribution in [3.8, 4) is 5.75 Å². The summed E-state index contributed by atoms with van der Waals surface area (Å²) in [5.74, 6) is 0.127. The van der Waals surface area contributed by atoms with Gasteiger partial charge in [-0.2, -0.15) is 0 Å². The minimum absolute atomic E-state index is 0.218. The van der Waals surface area contributed by atoms with Gasteiger partial charge in [0.2, 0.25) is 0 Å². The lowest BCUT2D eigenvalue weighted by atomic mass is 9.90. The Morgan fingerprint density at radius 3 is 2.50 bits per heavy atom. The number of Topliss-reactive ketones (excluding diaryl/α,β-unsaturated/α-hetero) is 1. The van der Waals surface area contributed by atoms with E-state index in [4.69, 9.17) is 4.74 Å². The number of aliphatic hydroxyl groups is 1. The van der Waals surface area contributed by atoms with E-state index in [1.165, 1.54) is 6.92 Å². The Hall–Kier alpha value is -2.66. The third-order valence-electron chi connectivity index (χ3n) is 5.02. The average Bonchev–Trinajstić information content (AvgIpc) is 2.88. The smallest absolute Gasteiger partial charge is 0.264 e. The van der Waals surface area contributed by atoms with Gasteiger partial charge in [-0.25, -0.2) is 0 Å². The lowest BCUT2D eigenvalue weighted by Gasteiger charge is -2.22. The Labute approximate surface area is 165 Å². The average molecular weight is 381 g/mol. The number of hydrogen-bond donors (Lipinski definition) is 1. The van der Waals surface area contributed by atoms with Crippen LogP contribution in [-0.2, 0) is 21.7 Å². The van der Waals surface area contributed by atoms with Crippen LogP contribution >= 0.6 is 0 Å². The minimum Gasteiger partial charge on any atom is -0.494 e. The molecule has 1 heterocycles. The summed E-state index contributed by atoms with van der Waals surface area (Å²) in [6.07, 6.45) is 3.12. The Bertz CT molecular complexity index is 846. The molecule has 0 bridgehead atoms. The highest BCUT2D eigenvalue weighted by Crippen LogP contribution is 2.43. The number of fused-ring (bicyclic) bond motifs is 1. The minimum atomic E-state index is -1.79. The molecule has 1 aliphatic rings. The number of ether oxygens (including phenoxy) is 1. The van der Waals surface area contributed by atoms with Crippen molar-refractivity contribution in [2.45, 2.75) is 51.7 Å². The molecule has 28 heavy (non-hydrogen) atoms. The summed E-state index contributed by atoms with van der Waals surface area (Å²) in [5, 5.41) is 11.0. The fourth-order valence-electron chi connectivity index (χ4n) is 3.61. The molecule has 1 unspecified atom stereocenters. The Morgan fingerprint density at radius 2 is 1.82 bits per heavy atom. The zero-order valence-electron chi connectivity index (χ0n) is 16.5. The van der Waals surface area contributed by atoms with Crippen molar-refractivity contribution in [1.29, 1.82) is 0 Å². The summed E-state index contributed by atoms with van der Waals surface area (Å²) >= 11 is 0. The van der Waals surface area contributed by atoms with Crippen molar-refractivity contribution in [3.63, 3.8) is 0 Å². The van der Waals surface area contributed by atoms with E-state index in [0.717, 1.165) is 30.6 Å². The first kappa shape index (κ1) is 20.1. The quantitative estimate of drug-likeness (QED) is 0.668. The number of carbonyl (C=O) groups excluding carboxylic acids is 2. The maximum absolute atomic E-state index is 13.0. The molecule has 3 rings (SSSR count). The second-order valence-corrected chi connectivity index (χ2v) is 7.35. The van der Waals surface area contributed by atoms with Crippen LogP contribution in [0.1, 0.15) is 50.7 Å². The van der Waals surface area contributed by atoms with E-state index in [9.17, 15) is 14.7 Å². The van der Waals surface area contributed by atoms with E-state index < -0.39 is 11.5 Å². The predicted molar refractivity (Wildman–Crippen MR) is 108 cm³/mol. The summed E-state index contributed by atoms with van der Waals surface area (Å²) in [6.45, 7) is 4.56. The normalized spacial score (nSPS) is 18.2. The van der Waals surface area contributed by atoms with E-state index >= 15 is 0 Å². The van der Waals surface area contributed by atoms with E-state index in [2.05, 4.69) is 6.92 Å². The second-order valence-electron chi connectivity index (χ2n) is 7.35. The van der Waals surface area contributed by atoms with Crippen molar-refractivity contribution in [3.05, 3.63) is 59.7 Å². The Morgan fingerprint density at radius 1 is 1.11 bits per heavy atom. The molecule has 1 aliphatic heterocycles. The van der Waals surface area contributed by atoms with Crippen LogP contribution < -0.4 is 9.64 Å². The van der Waals surface area contributed by atoms with E-state index in [1.54, 1.807) is 23.1 Å². The zero-order valence-corrected chi connectivity index (χ0v) is 16.5. The standard InChI is InChI=1S/C23H27NO4/c1-3-4-7-14-28-19-12-10-18(11-13-19)16-24-21-9-6-5-8-20(21)23(27,22(24)26)15-17(2)25/h5-6,8-13,27H,3-4,7,14-16H2,1-2H3. The van der Waals surface area contributed by atoms with Gasteiger partial charge >= 0.3 is 0 Å². The molecule has 0 fully saturated rings. The second kappa shape index (κ2) is 8.57. The van der Waals surface area contributed by atoms with Crippen LogP contribution in [0.3, 0.4) is 0 Å². The van der Waals surface area contributed by atoms with Crippen molar-refractivity contribution in [1.82, 2.24) is 0 Å². The van der Waals surface area contributed by atoms with E-state index in [1.807, 2.05) is 30.3 Å². The molecule has 0 saturated carbocycles. The van der Waals surface area contributed by atoms with Crippen LogP contribution in [0.5, 0.6) is 5.75 Å². The number of carbonyl (C=O) groups is 2. The van der Waals surface area contributed by atoms with Crippen LogP contribution in [0.25, 0.3) is 0 Å². The molecular formula is C23H27NO4. The highest BCUT2D eigenvalue weighted by atomic mass is 16.5. The number of anilines is 1. The van der Waals surface area contributed by atoms with Gasteiger partial charge in [0.25, 0.3) is 5.91 Å². The molecule has 1 amide bonds. The van der Waals surface area contributed by atoms with Crippen LogP contribution in [0.2, 0.25) is 0 Å². The van der Waals surface area contributed by atoms with Gasteiger partial charge in [0.15, 0.2) is 5.60 Å². The first-order chi connectivity index (χ1) is 13.5. The molecule has 1 atom stereocenters. The molecule has 1 N–H and O–H groups in total. The number of rotatable bonds is 9. The molecule has 0 radical (unpaired) electrons. The Kier molecular flexibility index (Phi) is 6.15. The van der Waals surface area contributed by atoms with Gasteiger partial charge in [-0.1, -0.05) is 50.1 Å². The topological polar surface area (TPSA) is 66.8 Å². The van der Waals surface area contributed by atoms with Gasteiger partial charge in [-0.15, -0.1) is 0 Å². The fourth-order valence-corrected chi connectivity index (χ4v) is 3.61. The molecule has 2 aromatic carbocycles. The van der Waals surface area contributed by atoms with Crippen LogP contribution in [0, 0.1) is 0 Å². The first-order valence-corrected chi connectivity index (χ1v) is 9.80. The van der Waals surface area contributed by atoms with Gasteiger partial charge in [-0.05, 0) is 37.1 Å². The third-order valence-corrected chi connectivity index (χ3v) is 5.02. The van der Waals surface area contributed by atoms with Crippen molar-refractivity contribution >= 4 is 17.4 Å². The first-order valence-electron chi connectivity index (χ1n) is 9.80. The van der Waals surface area contributed by atoms with Gasteiger partial charge < -0.3 is 14.7 Å². The van der Waals surface area contributed by atoms with Gasteiger partial charge in [-0.3, -0.25) is 9.59 Å². The summed E-state index contributed by atoms with van der Waals surface area (Å²) in [4.78, 5) is 26.2. The zero-order chi connectivity index (χ0) is 20.1. The predicted octanol–water partition coefficient (Wildman–Crippen LogP) is 3.97. The van der Waals surface area contributed by atoms with Gasteiger partial charge in [0, 0.05) is 12.0 Å². The van der Waals surface area contributed by atoms with E-state index in [0.29, 0.717) is 24.4 Å². The Balaban J connectivity index is 1.75. The number of nitrogens with zero attached hydrogens (tertiary/aromatic N) is 1. The van der Waals surface area contributed by atoms with Crippen LogP contribution in [0.4, 0.5) is 5.69 Å². The summed E-state index contributed by atoms with van der Waals surface area (Å²) in [5.41, 5.74) is 0.281. The van der Waals surface area contributed by atoms with Crippen LogP contribution in [0.15, 0.2) is 48.5 Å². The highest BCUT2D eigenvalue weighted by molar-refractivity contribution is 6.08. The van der Waals surface area contributed by atoms with Gasteiger partial charge in [0.1, 0.15) is 11.5 Å². The van der Waals surface area contributed by atoms with Crippen molar-refractivity contribution in [2.75, 3.05) is 11.5 Å². The van der Waals surface area contributed by atoms with Crippen molar-refractivity contribution < 1.29 is 19.4 Å². The monoisotopic (exact) mass is 381 g/mol. The lowest BCUT2D eigenvalue weighted by Crippen LogP contribution is -2.41. The summed E-state index contributed by atoms with van der Waals surface area (Å²) in [7, 11) is 0. The number of amides is 1. The summed E-state index contributed by atoms with van der Waals surface area (Å²) in [6, 6.07) is 14.8. The maximum Gasteiger partial charge on any atom is 0.264 e. The van der Waals surface area contributed by atoms with Crippen LogP contribution in [-0.4, -0.2) is 23.4 Å². The number of ketones is 1. The number of hydrogen-bond acceptors (Lipinski definition) is 4. The molecule has 148 valence electrons. The molecule has 5 heteroatoms. The van der Waals surface area contributed by atoms with Crippen molar-refractivity contribution in [2.24, 2.45) is 0 Å². The number of unbranched alkanes of at least 4 members (excludes halogenated alkanes) is 2. The van der Waals surface area contributed by atoms with E-state index in [-0.39, 0.29) is 12.2 Å². The lowest BCUT2D eigenvalue weighted by molar-refractivity contribution is -0.141. The highest BCUT2D eigenvalue weighted by Gasteiger charge is 2.50. The maximum atomic E-state index is 13.0. The fraction of sp³-hybridized carbons (Fsp3) is 0.391. The molecule has 0 spiro atoms. The molecule has 0 saturated heterocycles. The third kappa shape index (κ3) is 4.09.